The summed E-state index contributed by atoms with van der Waals surface area (Å²) in [5.74, 6) is 0.944. The van der Waals surface area contributed by atoms with Crippen molar-refractivity contribution in [1.82, 2.24) is 0 Å². The third-order valence-electron chi connectivity index (χ3n) is 3.74. The molecule has 112 valence electrons. The molecule has 1 N–H and O–H groups in total. The maximum Gasteiger partial charge on any atom is 0.119 e. The Balaban J connectivity index is 2.02. The highest BCUT2D eigenvalue weighted by molar-refractivity contribution is 5.49. The van der Waals surface area contributed by atoms with Crippen molar-refractivity contribution in [2.75, 3.05) is 11.9 Å². The molecule has 2 aromatic carbocycles. The van der Waals surface area contributed by atoms with E-state index in [2.05, 4.69) is 63.3 Å². The smallest absolute Gasteiger partial charge is 0.119 e. The predicted octanol–water partition coefficient (Wildman–Crippen LogP) is 5.27. The fourth-order valence-electron chi connectivity index (χ4n) is 2.24. The normalized spacial score (nSPS) is 12.0. The summed E-state index contributed by atoms with van der Waals surface area (Å²) in [6.07, 6.45) is 1.03. The fraction of sp³-hybridized carbons (Fsp3) is 0.368. The summed E-state index contributed by atoms with van der Waals surface area (Å²) >= 11 is 0. The van der Waals surface area contributed by atoms with E-state index in [-0.39, 0.29) is 6.04 Å². The highest BCUT2D eigenvalue weighted by atomic mass is 16.5. The van der Waals surface area contributed by atoms with Crippen molar-refractivity contribution >= 4 is 5.69 Å². The lowest BCUT2D eigenvalue weighted by Crippen LogP contribution is -2.07. The summed E-state index contributed by atoms with van der Waals surface area (Å²) < 4.78 is 5.62. The number of anilines is 1. The molecule has 0 aliphatic heterocycles. The van der Waals surface area contributed by atoms with Gasteiger partial charge < -0.3 is 10.1 Å². The minimum atomic E-state index is 0.271. The number of nitrogens with one attached hydrogen (secondary N) is 1. The first-order valence-electron chi connectivity index (χ1n) is 7.66. The van der Waals surface area contributed by atoms with Gasteiger partial charge in [0.2, 0.25) is 0 Å². The summed E-state index contributed by atoms with van der Waals surface area (Å²) in [6, 6.07) is 15.1. The van der Waals surface area contributed by atoms with Crippen molar-refractivity contribution in [3.05, 3.63) is 59.2 Å². The lowest BCUT2D eigenvalue weighted by Gasteiger charge is -2.17. The summed E-state index contributed by atoms with van der Waals surface area (Å²) in [4.78, 5) is 0. The molecule has 2 heteroatoms. The summed E-state index contributed by atoms with van der Waals surface area (Å²) in [5.41, 5.74) is 5.06. The maximum atomic E-state index is 5.62. The zero-order valence-corrected chi connectivity index (χ0v) is 13.4. The standard InChI is InChI=1S/C19H25NO/c1-5-12-21-19-10-7-17(8-11-19)16(4)20-18-9-6-14(2)15(3)13-18/h6-11,13,16,20H,5,12H2,1-4H3. The molecule has 0 bridgehead atoms. The molecule has 0 aliphatic rings. The monoisotopic (exact) mass is 283 g/mol. The van der Waals surface area contributed by atoms with Gasteiger partial charge >= 0.3 is 0 Å². The molecule has 0 saturated heterocycles. The molecule has 0 heterocycles. The molecule has 2 aromatic rings. The minimum absolute atomic E-state index is 0.271. The van der Waals surface area contributed by atoms with Gasteiger partial charge in [-0.25, -0.2) is 0 Å². The van der Waals surface area contributed by atoms with Gasteiger partial charge in [0.1, 0.15) is 5.75 Å². The molecule has 1 atom stereocenters. The Morgan fingerprint density at radius 1 is 1.00 bits per heavy atom. The third-order valence-corrected chi connectivity index (χ3v) is 3.74. The number of ether oxygens (including phenoxy) is 1. The van der Waals surface area contributed by atoms with Gasteiger partial charge in [-0.2, -0.15) is 0 Å². The molecule has 21 heavy (non-hydrogen) atoms. The van der Waals surface area contributed by atoms with E-state index in [9.17, 15) is 0 Å². The fourth-order valence-corrected chi connectivity index (χ4v) is 2.24. The van der Waals surface area contributed by atoms with E-state index in [1.54, 1.807) is 0 Å². The molecule has 0 spiro atoms. The summed E-state index contributed by atoms with van der Waals surface area (Å²) in [7, 11) is 0. The van der Waals surface area contributed by atoms with Crippen LogP contribution in [0.1, 0.15) is 43.0 Å². The molecule has 0 amide bonds. The van der Waals surface area contributed by atoms with Crippen LogP contribution in [0, 0.1) is 13.8 Å². The van der Waals surface area contributed by atoms with Gasteiger partial charge in [0.25, 0.3) is 0 Å². The lowest BCUT2D eigenvalue weighted by atomic mass is 10.1. The second-order valence-electron chi connectivity index (χ2n) is 5.58. The average molecular weight is 283 g/mol. The Morgan fingerprint density at radius 3 is 2.33 bits per heavy atom. The number of benzene rings is 2. The largest absolute Gasteiger partial charge is 0.494 e. The molecule has 0 radical (unpaired) electrons. The molecule has 1 unspecified atom stereocenters. The van der Waals surface area contributed by atoms with E-state index < -0.39 is 0 Å². The van der Waals surface area contributed by atoms with E-state index >= 15 is 0 Å². The Bertz CT molecular complexity index is 575. The van der Waals surface area contributed by atoms with Crippen LogP contribution in [0.3, 0.4) is 0 Å². The van der Waals surface area contributed by atoms with Gasteiger partial charge in [-0.1, -0.05) is 25.1 Å². The van der Waals surface area contributed by atoms with E-state index in [1.165, 1.54) is 16.7 Å². The molecule has 0 fully saturated rings. The Kier molecular flexibility index (Phi) is 5.26. The topological polar surface area (TPSA) is 21.3 Å². The predicted molar refractivity (Wildman–Crippen MR) is 90.2 cm³/mol. The second kappa shape index (κ2) is 7.16. The van der Waals surface area contributed by atoms with Crippen LogP contribution in [0.4, 0.5) is 5.69 Å². The van der Waals surface area contributed by atoms with E-state index in [1.807, 2.05) is 12.1 Å². The summed E-state index contributed by atoms with van der Waals surface area (Å²) in [6.45, 7) is 9.35. The SMILES string of the molecule is CCCOc1ccc(C(C)Nc2ccc(C)c(C)c2)cc1. The van der Waals surface area contributed by atoms with Crippen LogP contribution in [0.15, 0.2) is 42.5 Å². The highest BCUT2D eigenvalue weighted by Gasteiger charge is 2.06. The molecule has 0 saturated carbocycles. The first-order valence-corrected chi connectivity index (χ1v) is 7.66. The van der Waals surface area contributed by atoms with Gasteiger partial charge in [0.05, 0.1) is 6.61 Å². The average Bonchev–Trinajstić information content (AvgIpc) is 2.49. The van der Waals surface area contributed by atoms with Gasteiger partial charge in [0, 0.05) is 11.7 Å². The Labute approximate surface area is 128 Å². The van der Waals surface area contributed by atoms with Crippen molar-refractivity contribution in [3.63, 3.8) is 0 Å². The lowest BCUT2D eigenvalue weighted by molar-refractivity contribution is 0.317. The van der Waals surface area contributed by atoms with Crippen molar-refractivity contribution in [3.8, 4) is 5.75 Å². The number of rotatable bonds is 6. The zero-order valence-electron chi connectivity index (χ0n) is 13.4. The Hall–Kier alpha value is -1.96. The maximum absolute atomic E-state index is 5.62. The molecule has 0 aliphatic carbocycles. The van der Waals surface area contributed by atoms with Gasteiger partial charge in [0.15, 0.2) is 0 Å². The van der Waals surface area contributed by atoms with Crippen LogP contribution >= 0.6 is 0 Å². The van der Waals surface area contributed by atoms with Crippen molar-refractivity contribution < 1.29 is 4.74 Å². The van der Waals surface area contributed by atoms with E-state index in [4.69, 9.17) is 4.74 Å². The molecule has 0 aromatic heterocycles. The van der Waals surface area contributed by atoms with Crippen LogP contribution in [0.5, 0.6) is 5.75 Å². The summed E-state index contributed by atoms with van der Waals surface area (Å²) in [5, 5.41) is 3.55. The van der Waals surface area contributed by atoms with Crippen LogP contribution < -0.4 is 10.1 Å². The quantitative estimate of drug-likeness (QED) is 0.780. The van der Waals surface area contributed by atoms with E-state index in [0.29, 0.717) is 0 Å². The second-order valence-corrected chi connectivity index (χ2v) is 5.58. The van der Waals surface area contributed by atoms with Gasteiger partial charge in [-0.15, -0.1) is 0 Å². The van der Waals surface area contributed by atoms with Gasteiger partial charge in [-0.05, 0) is 68.1 Å². The van der Waals surface area contributed by atoms with Crippen LogP contribution in [-0.4, -0.2) is 6.61 Å². The molecule has 2 rings (SSSR count). The molecular formula is C19H25NO. The highest BCUT2D eigenvalue weighted by Crippen LogP contribution is 2.23. The van der Waals surface area contributed by atoms with Crippen molar-refractivity contribution in [1.29, 1.82) is 0 Å². The number of hydrogen-bond acceptors (Lipinski definition) is 2. The van der Waals surface area contributed by atoms with Crippen LogP contribution in [0.2, 0.25) is 0 Å². The zero-order chi connectivity index (χ0) is 15.2. The first kappa shape index (κ1) is 15.4. The molecule has 2 nitrogen and oxygen atoms in total. The minimum Gasteiger partial charge on any atom is -0.494 e. The number of hydrogen-bond donors (Lipinski definition) is 1. The van der Waals surface area contributed by atoms with Crippen molar-refractivity contribution in [2.45, 2.75) is 40.2 Å². The van der Waals surface area contributed by atoms with Gasteiger partial charge in [-0.3, -0.25) is 0 Å². The number of aryl methyl sites for hydroxylation is 2. The van der Waals surface area contributed by atoms with Crippen molar-refractivity contribution in [2.24, 2.45) is 0 Å². The van der Waals surface area contributed by atoms with E-state index in [0.717, 1.165) is 24.5 Å². The van der Waals surface area contributed by atoms with Crippen LogP contribution in [-0.2, 0) is 0 Å². The first-order chi connectivity index (χ1) is 10.1. The third kappa shape index (κ3) is 4.25. The molecular weight excluding hydrogens is 258 g/mol. The Morgan fingerprint density at radius 2 is 1.71 bits per heavy atom. The van der Waals surface area contributed by atoms with Crippen LogP contribution in [0.25, 0.3) is 0 Å².